The van der Waals surface area contributed by atoms with Gasteiger partial charge in [0.2, 0.25) is 5.91 Å². The molecule has 0 unspecified atom stereocenters. The predicted octanol–water partition coefficient (Wildman–Crippen LogP) is 7.96. The Balaban J connectivity index is 1.66. The number of anilines is 1. The number of nitrogens with zero attached hydrogens (tertiary/aromatic N) is 2. The van der Waals surface area contributed by atoms with Gasteiger partial charge in [-0.3, -0.25) is 4.79 Å². The van der Waals surface area contributed by atoms with Gasteiger partial charge in [-0.05, 0) is 74.4 Å². The van der Waals surface area contributed by atoms with Crippen LogP contribution in [0.5, 0.6) is 0 Å². The van der Waals surface area contributed by atoms with E-state index in [2.05, 4.69) is 10.2 Å². The Kier molecular flexibility index (Phi) is 9.22. The van der Waals surface area contributed by atoms with Crippen LogP contribution in [0.3, 0.4) is 0 Å². The second-order valence-electron chi connectivity index (χ2n) is 10.3. The van der Waals surface area contributed by atoms with E-state index in [-0.39, 0.29) is 11.9 Å². The first-order chi connectivity index (χ1) is 18.4. The molecule has 4 rings (SSSR count). The number of hydrogen-bond acceptors (Lipinski definition) is 4. The molecule has 0 aromatic heterocycles. The summed E-state index contributed by atoms with van der Waals surface area (Å²) in [4.78, 5) is 30.7. The minimum atomic E-state index is -0.964. The lowest BCUT2D eigenvalue weighted by atomic mass is 9.99. The molecule has 6 nitrogen and oxygen atoms in total. The minimum Gasteiger partial charge on any atom is -0.444 e. The number of halogens is 4. The van der Waals surface area contributed by atoms with Gasteiger partial charge in [-0.15, -0.1) is 0 Å². The first kappa shape index (κ1) is 29.3. The van der Waals surface area contributed by atoms with Gasteiger partial charge in [0.1, 0.15) is 11.6 Å². The van der Waals surface area contributed by atoms with Crippen molar-refractivity contribution in [2.45, 2.75) is 38.5 Å². The van der Waals surface area contributed by atoms with E-state index in [1.165, 1.54) is 0 Å². The van der Waals surface area contributed by atoms with Gasteiger partial charge in [-0.1, -0.05) is 70.7 Å². The zero-order chi connectivity index (χ0) is 28.3. The molecule has 10 heteroatoms. The van der Waals surface area contributed by atoms with Gasteiger partial charge >= 0.3 is 6.09 Å². The van der Waals surface area contributed by atoms with Crippen LogP contribution in [0.4, 0.5) is 10.5 Å². The van der Waals surface area contributed by atoms with Gasteiger partial charge in [0.15, 0.2) is 0 Å². The highest BCUT2D eigenvalue weighted by atomic mass is 35.5. The molecule has 0 aliphatic carbocycles. The molecule has 0 saturated carbocycles. The molecule has 206 valence electrons. The van der Waals surface area contributed by atoms with E-state index in [0.717, 1.165) is 11.3 Å². The van der Waals surface area contributed by atoms with Crippen molar-refractivity contribution in [1.82, 2.24) is 10.2 Å². The first-order valence-electron chi connectivity index (χ1n) is 12.4. The summed E-state index contributed by atoms with van der Waals surface area (Å²) in [6, 6.07) is 18.5. The Morgan fingerprint density at radius 3 is 2.05 bits per heavy atom. The lowest BCUT2D eigenvalue weighted by Crippen LogP contribution is -2.53. The zero-order valence-corrected chi connectivity index (χ0v) is 24.8. The fraction of sp³-hybridized carbons (Fsp3) is 0.310. The molecule has 1 heterocycles. The van der Waals surface area contributed by atoms with E-state index in [1.807, 2.05) is 30.3 Å². The Morgan fingerprint density at radius 1 is 0.872 bits per heavy atom. The van der Waals surface area contributed by atoms with Crippen LogP contribution in [-0.2, 0) is 9.53 Å². The minimum absolute atomic E-state index is 0.231. The molecule has 0 spiro atoms. The summed E-state index contributed by atoms with van der Waals surface area (Å²) in [5.41, 5.74) is 1.66. The third kappa shape index (κ3) is 7.52. The van der Waals surface area contributed by atoms with Crippen LogP contribution >= 0.6 is 46.4 Å². The van der Waals surface area contributed by atoms with E-state index in [9.17, 15) is 9.59 Å². The number of benzene rings is 3. The number of carbonyl (C=O) groups excluding carboxylic acids is 2. The molecule has 3 aromatic carbocycles. The Labute approximate surface area is 248 Å². The van der Waals surface area contributed by atoms with Crippen LogP contribution in [0.1, 0.15) is 44.0 Å². The normalized spacial score (nSPS) is 16.5. The summed E-state index contributed by atoms with van der Waals surface area (Å²) in [5, 5.41) is 4.97. The van der Waals surface area contributed by atoms with Gasteiger partial charge in [-0.2, -0.15) is 0 Å². The molecule has 3 aromatic rings. The molecule has 39 heavy (non-hydrogen) atoms. The Bertz CT molecular complexity index is 1330. The van der Waals surface area contributed by atoms with E-state index in [4.69, 9.17) is 51.1 Å². The van der Waals surface area contributed by atoms with Gasteiger partial charge in [0, 0.05) is 34.7 Å². The standard InChI is InChI=1S/C29H29Cl4N3O3/c1-29(2,3)39-28(38)34-26(19-6-10-21(31)11-7-19)27(37)35-14-15-36(24-13-12-22(32)16-23(24)33)25(17-35)18-4-8-20(30)9-5-18/h4-13,16,25-26H,14-15,17H2,1-3H3,(H,34,38)/t25-,26+/m0/s1. The highest BCUT2D eigenvalue weighted by molar-refractivity contribution is 6.36. The van der Waals surface area contributed by atoms with Crippen molar-refractivity contribution in [3.63, 3.8) is 0 Å². The van der Waals surface area contributed by atoms with Crippen molar-refractivity contribution < 1.29 is 14.3 Å². The van der Waals surface area contributed by atoms with Crippen molar-refractivity contribution in [3.8, 4) is 0 Å². The smallest absolute Gasteiger partial charge is 0.408 e. The van der Waals surface area contributed by atoms with Crippen LogP contribution < -0.4 is 10.2 Å². The number of carbonyl (C=O) groups is 2. The number of ether oxygens (including phenoxy) is 1. The third-order valence-corrected chi connectivity index (χ3v) is 7.32. The quantitative estimate of drug-likeness (QED) is 0.319. The van der Waals surface area contributed by atoms with Crippen LogP contribution in [-0.4, -0.2) is 42.1 Å². The number of alkyl carbamates (subject to hydrolysis) is 1. The number of hydrogen-bond donors (Lipinski definition) is 1. The summed E-state index contributed by atoms with van der Waals surface area (Å²) in [6.07, 6.45) is -0.684. The zero-order valence-electron chi connectivity index (χ0n) is 21.8. The van der Waals surface area contributed by atoms with E-state index >= 15 is 0 Å². The molecule has 1 N–H and O–H groups in total. The van der Waals surface area contributed by atoms with Gasteiger partial charge in [0.25, 0.3) is 0 Å². The van der Waals surface area contributed by atoms with Crippen molar-refractivity contribution in [3.05, 3.63) is 97.9 Å². The van der Waals surface area contributed by atoms with Crippen LogP contribution in [0.25, 0.3) is 0 Å². The van der Waals surface area contributed by atoms with Crippen molar-refractivity contribution in [2.24, 2.45) is 0 Å². The molecule has 1 aliphatic rings. The summed E-state index contributed by atoms with van der Waals surface area (Å²) in [5.74, 6) is -0.260. The van der Waals surface area contributed by atoms with Crippen LogP contribution in [0.2, 0.25) is 20.1 Å². The lowest BCUT2D eigenvalue weighted by molar-refractivity contribution is -0.134. The monoisotopic (exact) mass is 607 g/mol. The largest absolute Gasteiger partial charge is 0.444 e. The van der Waals surface area contributed by atoms with E-state index in [0.29, 0.717) is 45.3 Å². The number of piperazine rings is 1. The topological polar surface area (TPSA) is 61.9 Å². The van der Waals surface area contributed by atoms with E-state index < -0.39 is 17.7 Å². The second kappa shape index (κ2) is 12.3. The van der Waals surface area contributed by atoms with Crippen molar-refractivity contribution >= 4 is 64.1 Å². The van der Waals surface area contributed by atoms with Crippen molar-refractivity contribution in [1.29, 1.82) is 0 Å². The summed E-state index contributed by atoms with van der Waals surface area (Å²) in [7, 11) is 0. The van der Waals surface area contributed by atoms with Gasteiger partial charge < -0.3 is 19.9 Å². The molecular formula is C29H29Cl4N3O3. The average molecular weight is 609 g/mol. The second-order valence-corrected chi connectivity index (χ2v) is 12.0. The molecule has 0 bridgehead atoms. The van der Waals surface area contributed by atoms with Gasteiger partial charge in [0.05, 0.1) is 16.8 Å². The fourth-order valence-electron chi connectivity index (χ4n) is 4.51. The Hall–Kier alpha value is -2.64. The first-order valence-corrected chi connectivity index (χ1v) is 13.9. The summed E-state index contributed by atoms with van der Waals surface area (Å²) < 4.78 is 5.46. The Morgan fingerprint density at radius 2 is 1.46 bits per heavy atom. The maximum Gasteiger partial charge on any atom is 0.408 e. The van der Waals surface area contributed by atoms with Gasteiger partial charge in [-0.25, -0.2) is 4.79 Å². The molecule has 2 amide bonds. The lowest BCUT2D eigenvalue weighted by Gasteiger charge is -2.44. The number of nitrogens with one attached hydrogen (secondary N) is 1. The van der Waals surface area contributed by atoms with Crippen molar-refractivity contribution in [2.75, 3.05) is 24.5 Å². The molecule has 1 fully saturated rings. The molecule has 0 radical (unpaired) electrons. The highest BCUT2D eigenvalue weighted by Crippen LogP contribution is 2.37. The van der Waals surface area contributed by atoms with E-state index in [1.54, 1.807) is 62.1 Å². The molecule has 1 saturated heterocycles. The molecule has 2 atom stereocenters. The SMILES string of the molecule is CC(C)(C)OC(=O)N[C@@H](C(=O)N1CCN(c2ccc(Cl)cc2Cl)[C@H](c2ccc(Cl)cc2)C1)c1ccc(Cl)cc1. The molecular weight excluding hydrogens is 580 g/mol. The maximum absolute atomic E-state index is 14.0. The number of amides is 2. The molecule has 1 aliphatic heterocycles. The summed E-state index contributed by atoms with van der Waals surface area (Å²) >= 11 is 25.0. The maximum atomic E-state index is 14.0. The average Bonchev–Trinajstić information content (AvgIpc) is 2.87. The highest BCUT2D eigenvalue weighted by Gasteiger charge is 2.36. The summed E-state index contributed by atoms with van der Waals surface area (Å²) in [6.45, 7) is 6.55. The van der Waals surface area contributed by atoms with Crippen LogP contribution in [0, 0.1) is 0 Å². The third-order valence-electron chi connectivity index (χ3n) is 6.28. The number of rotatable bonds is 5. The fourth-order valence-corrected chi connectivity index (χ4v) is 5.28. The van der Waals surface area contributed by atoms with Crippen LogP contribution in [0.15, 0.2) is 66.7 Å². The predicted molar refractivity (Wildman–Crippen MR) is 158 cm³/mol.